The lowest BCUT2D eigenvalue weighted by atomic mass is 10.4. The maximum Gasteiger partial charge on any atom is 0.429 e. The first-order valence-electron chi connectivity index (χ1n) is 4.89. The summed E-state index contributed by atoms with van der Waals surface area (Å²) in [6.45, 7) is 0. The van der Waals surface area contributed by atoms with Crippen LogP contribution in [0, 0.1) is 0 Å². The number of benzene rings is 1. The zero-order chi connectivity index (χ0) is 14.1. The number of hydrogen-bond acceptors (Lipinski definition) is 4. The zero-order valence-corrected chi connectivity index (χ0v) is 10.8. The van der Waals surface area contributed by atoms with Gasteiger partial charge >= 0.3 is 6.18 Å². The second-order valence-electron chi connectivity index (χ2n) is 3.45. The van der Waals surface area contributed by atoms with Crippen LogP contribution in [0.5, 0.6) is 0 Å². The molecule has 1 aromatic carbocycles. The van der Waals surface area contributed by atoms with Crippen molar-refractivity contribution in [2.45, 2.75) is 11.1 Å². The minimum Gasteiger partial charge on any atom is -0.262 e. The van der Waals surface area contributed by atoms with Gasteiger partial charge in [-0.1, -0.05) is 18.2 Å². The van der Waals surface area contributed by atoms with Crippen molar-refractivity contribution >= 4 is 27.2 Å². The van der Waals surface area contributed by atoms with Crippen molar-refractivity contribution < 1.29 is 21.6 Å². The summed E-state index contributed by atoms with van der Waals surface area (Å²) in [6.07, 6.45) is -4.64. The molecule has 0 saturated heterocycles. The molecule has 1 N–H and O–H groups in total. The Kier molecular flexibility index (Phi) is 3.50. The van der Waals surface area contributed by atoms with E-state index in [2.05, 4.69) is 4.98 Å². The Bertz CT molecular complexity index is 666. The molecule has 0 aliphatic heterocycles. The summed E-state index contributed by atoms with van der Waals surface area (Å²) < 4.78 is 63.4. The highest BCUT2D eigenvalue weighted by Gasteiger charge is 2.37. The highest BCUT2D eigenvalue weighted by molar-refractivity contribution is 7.92. The molecule has 2 rings (SSSR count). The second-order valence-corrected chi connectivity index (χ2v) is 5.98. The van der Waals surface area contributed by atoms with Crippen LogP contribution in [-0.2, 0) is 16.2 Å². The van der Waals surface area contributed by atoms with Crippen LogP contribution in [0.3, 0.4) is 0 Å². The fourth-order valence-corrected chi connectivity index (χ4v) is 3.03. The minimum atomic E-state index is -4.64. The lowest BCUT2D eigenvalue weighted by Crippen LogP contribution is -2.16. The maximum absolute atomic E-state index is 12.6. The van der Waals surface area contributed by atoms with Crippen LogP contribution < -0.4 is 4.72 Å². The predicted molar refractivity (Wildman–Crippen MR) is 64.4 cm³/mol. The lowest BCUT2D eigenvalue weighted by Gasteiger charge is -2.09. The van der Waals surface area contributed by atoms with Gasteiger partial charge in [0.05, 0.1) is 10.4 Å². The third-order valence-electron chi connectivity index (χ3n) is 2.11. The van der Waals surface area contributed by atoms with Gasteiger partial charge in [-0.25, -0.2) is 13.4 Å². The molecule has 0 saturated carbocycles. The van der Waals surface area contributed by atoms with Crippen LogP contribution >= 0.6 is 11.3 Å². The molecule has 1 aromatic heterocycles. The molecule has 0 unspecified atom stereocenters. The molecule has 0 atom stereocenters. The van der Waals surface area contributed by atoms with Crippen molar-refractivity contribution in [1.29, 1.82) is 0 Å². The van der Waals surface area contributed by atoms with Crippen LogP contribution in [0.15, 0.2) is 40.7 Å². The van der Waals surface area contributed by atoms with Crippen molar-refractivity contribution in [2.24, 2.45) is 0 Å². The number of halogens is 3. The van der Waals surface area contributed by atoms with Crippen molar-refractivity contribution in [3.8, 4) is 0 Å². The lowest BCUT2D eigenvalue weighted by molar-refractivity contribution is -0.133. The number of thiazole rings is 1. The van der Waals surface area contributed by atoms with E-state index in [9.17, 15) is 21.6 Å². The first-order chi connectivity index (χ1) is 8.81. The first-order valence-corrected chi connectivity index (χ1v) is 7.25. The monoisotopic (exact) mass is 308 g/mol. The fraction of sp³-hybridized carbons (Fsp3) is 0.100. The zero-order valence-electron chi connectivity index (χ0n) is 9.18. The Morgan fingerprint density at radius 1 is 1.16 bits per heavy atom. The van der Waals surface area contributed by atoms with E-state index in [1.165, 1.54) is 24.3 Å². The largest absolute Gasteiger partial charge is 0.429 e. The Morgan fingerprint density at radius 3 is 2.37 bits per heavy atom. The fourth-order valence-electron chi connectivity index (χ4n) is 1.31. The number of nitrogens with one attached hydrogen (secondary N) is 1. The number of hydrogen-bond donors (Lipinski definition) is 1. The van der Waals surface area contributed by atoms with Crippen molar-refractivity contribution in [2.75, 3.05) is 4.72 Å². The molecule has 19 heavy (non-hydrogen) atoms. The van der Waals surface area contributed by atoms with Gasteiger partial charge in [-0.3, -0.25) is 4.72 Å². The molecule has 1 heterocycles. The van der Waals surface area contributed by atoms with Crippen LogP contribution in [0.2, 0.25) is 0 Å². The van der Waals surface area contributed by atoms with Crippen molar-refractivity contribution in [3.05, 3.63) is 40.7 Å². The molecule has 0 fully saturated rings. The molecule has 102 valence electrons. The third-order valence-corrected chi connectivity index (χ3v) is 4.34. The average Bonchev–Trinajstić information content (AvgIpc) is 2.77. The average molecular weight is 308 g/mol. The van der Waals surface area contributed by atoms with Gasteiger partial charge in [0.2, 0.25) is 0 Å². The normalized spacial score (nSPS) is 12.4. The summed E-state index contributed by atoms with van der Waals surface area (Å²) in [5.41, 5.74) is 0.936. The molecule has 0 bridgehead atoms. The third kappa shape index (κ3) is 3.04. The van der Waals surface area contributed by atoms with E-state index in [0.29, 0.717) is 11.3 Å². The Morgan fingerprint density at radius 2 is 1.79 bits per heavy atom. The van der Waals surface area contributed by atoms with Gasteiger partial charge in [-0.05, 0) is 12.1 Å². The van der Waals surface area contributed by atoms with Crippen molar-refractivity contribution in [3.63, 3.8) is 0 Å². The van der Waals surface area contributed by atoms with E-state index in [1.807, 2.05) is 4.72 Å². The standard InChI is InChI=1S/C10H7F3N2O2S2/c11-10(12,13)8-9(14-6-18-8)15-19(16,17)7-4-2-1-3-5-7/h1-6,15H. The van der Waals surface area contributed by atoms with Gasteiger partial charge in [0.15, 0.2) is 10.7 Å². The summed E-state index contributed by atoms with van der Waals surface area (Å²) in [4.78, 5) is 2.20. The summed E-state index contributed by atoms with van der Waals surface area (Å²) in [5, 5.41) is 0. The minimum absolute atomic E-state index is 0.129. The first kappa shape index (κ1) is 13.8. The number of alkyl halides is 3. The number of nitrogens with zero attached hydrogens (tertiary/aromatic N) is 1. The molecule has 0 aliphatic rings. The van der Waals surface area contributed by atoms with Gasteiger partial charge < -0.3 is 0 Å². The molecule has 4 nitrogen and oxygen atoms in total. The summed E-state index contributed by atoms with van der Waals surface area (Å²) in [6, 6.07) is 7.10. The van der Waals surface area contributed by atoms with E-state index in [-0.39, 0.29) is 4.90 Å². The Hall–Kier alpha value is -1.61. The molecule has 2 aromatic rings. The Labute approximate surface area is 111 Å². The van der Waals surface area contributed by atoms with Crippen LogP contribution in [0.25, 0.3) is 0 Å². The molecular formula is C10H7F3N2O2S2. The molecule has 0 amide bonds. The van der Waals surface area contributed by atoms with Crippen LogP contribution in [0.4, 0.5) is 19.0 Å². The quantitative estimate of drug-likeness (QED) is 0.948. The molecule has 0 aliphatic carbocycles. The topological polar surface area (TPSA) is 59.1 Å². The number of rotatable bonds is 3. The van der Waals surface area contributed by atoms with E-state index >= 15 is 0 Å². The van der Waals surface area contributed by atoms with E-state index in [1.54, 1.807) is 6.07 Å². The van der Waals surface area contributed by atoms with E-state index in [4.69, 9.17) is 0 Å². The van der Waals surface area contributed by atoms with Crippen LogP contribution in [0.1, 0.15) is 4.88 Å². The number of anilines is 1. The highest BCUT2D eigenvalue weighted by atomic mass is 32.2. The van der Waals surface area contributed by atoms with E-state index < -0.39 is 26.9 Å². The van der Waals surface area contributed by atoms with Gasteiger partial charge in [0.1, 0.15) is 0 Å². The molecule has 0 radical (unpaired) electrons. The number of sulfonamides is 1. The Balaban J connectivity index is 2.35. The summed E-state index contributed by atoms with van der Waals surface area (Å²) in [7, 11) is -4.07. The van der Waals surface area contributed by atoms with Gasteiger partial charge in [0, 0.05) is 0 Å². The highest BCUT2D eigenvalue weighted by Crippen LogP contribution is 2.37. The van der Waals surface area contributed by atoms with Gasteiger partial charge in [0.25, 0.3) is 10.0 Å². The van der Waals surface area contributed by atoms with E-state index in [0.717, 1.165) is 5.51 Å². The second kappa shape index (κ2) is 4.82. The SMILES string of the molecule is O=S(=O)(Nc1ncsc1C(F)(F)F)c1ccccc1. The van der Waals surface area contributed by atoms with Gasteiger partial charge in [-0.15, -0.1) is 11.3 Å². The van der Waals surface area contributed by atoms with Crippen LogP contribution in [-0.4, -0.2) is 13.4 Å². The molecule has 9 heteroatoms. The summed E-state index contributed by atoms with van der Waals surface area (Å²) >= 11 is 0.329. The molecule has 0 spiro atoms. The smallest absolute Gasteiger partial charge is 0.262 e. The molecular weight excluding hydrogens is 301 g/mol. The predicted octanol–water partition coefficient (Wildman–Crippen LogP) is 2.96. The maximum atomic E-state index is 12.6. The summed E-state index contributed by atoms with van der Waals surface area (Å²) in [5.74, 6) is -0.707. The van der Waals surface area contributed by atoms with Crippen molar-refractivity contribution in [1.82, 2.24) is 4.98 Å². The number of aromatic nitrogens is 1. The van der Waals surface area contributed by atoms with Gasteiger partial charge in [-0.2, -0.15) is 13.2 Å².